The van der Waals surface area contributed by atoms with Crippen LogP contribution >= 0.6 is 0 Å². The summed E-state index contributed by atoms with van der Waals surface area (Å²) in [6.07, 6.45) is 0. The molecule has 0 fully saturated rings. The summed E-state index contributed by atoms with van der Waals surface area (Å²) in [5.41, 5.74) is 0.800. The highest BCUT2D eigenvalue weighted by Crippen LogP contribution is 2.24. The van der Waals surface area contributed by atoms with Gasteiger partial charge < -0.3 is 9.26 Å². The number of benzene rings is 1. The lowest BCUT2D eigenvalue weighted by molar-refractivity contribution is 0.321. The van der Waals surface area contributed by atoms with E-state index in [1.54, 1.807) is 0 Å². The van der Waals surface area contributed by atoms with Crippen molar-refractivity contribution in [3.63, 3.8) is 0 Å². The van der Waals surface area contributed by atoms with Gasteiger partial charge in [0.2, 0.25) is 11.7 Å². The quantitative estimate of drug-likeness (QED) is 0.832. The van der Waals surface area contributed by atoms with E-state index >= 15 is 0 Å². The fourth-order valence-corrected chi connectivity index (χ4v) is 1.51. The number of rotatable bonds is 3. The molecule has 18 heavy (non-hydrogen) atoms. The van der Waals surface area contributed by atoms with E-state index < -0.39 is 0 Å². The fourth-order valence-electron chi connectivity index (χ4n) is 1.51. The van der Waals surface area contributed by atoms with Gasteiger partial charge in [0.15, 0.2) is 0 Å². The Labute approximate surface area is 107 Å². The molecule has 0 spiro atoms. The average Bonchev–Trinajstić information content (AvgIpc) is 2.79. The molecule has 4 heteroatoms. The summed E-state index contributed by atoms with van der Waals surface area (Å²) >= 11 is 0. The molecule has 0 unspecified atom stereocenters. The van der Waals surface area contributed by atoms with Crippen molar-refractivity contribution in [1.29, 1.82) is 0 Å². The molecular formula is C14H18N2O2. The Kier molecular flexibility index (Phi) is 3.36. The van der Waals surface area contributed by atoms with Gasteiger partial charge in [-0.3, -0.25) is 0 Å². The van der Waals surface area contributed by atoms with Crippen LogP contribution in [0.3, 0.4) is 0 Å². The van der Waals surface area contributed by atoms with Crippen LogP contribution in [0.15, 0.2) is 28.8 Å². The highest BCUT2D eigenvalue weighted by atomic mass is 16.5. The summed E-state index contributed by atoms with van der Waals surface area (Å²) in [4.78, 5) is 4.41. The molecular weight excluding hydrogens is 228 g/mol. The lowest BCUT2D eigenvalue weighted by Crippen LogP contribution is -2.11. The van der Waals surface area contributed by atoms with Crippen LogP contribution in [0.2, 0.25) is 0 Å². The van der Waals surface area contributed by atoms with E-state index in [1.165, 1.54) is 0 Å². The van der Waals surface area contributed by atoms with Gasteiger partial charge in [0.05, 0.1) is 6.61 Å². The van der Waals surface area contributed by atoms with Crippen molar-refractivity contribution in [2.75, 3.05) is 6.61 Å². The molecule has 0 aliphatic rings. The molecule has 0 radical (unpaired) electrons. The molecule has 2 rings (SSSR count). The van der Waals surface area contributed by atoms with Gasteiger partial charge in [0.1, 0.15) is 5.75 Å². The Hall–Kier alpha value is -1.84. The summed E-state index contributed by atoms with van der Waals surface area (Å²) in [5, 5.41) is 4.00. The van der Waals surface area contributed by atoms with Gasteiger partial charge in [-0.15, -0.1) is 0 Å². The van der Waals surface area contributed by atoms with E-state index in [0.29, 0.717) is 18.3 Å². The zero-order valence-corrected chi connectivity index (χ0v) is 11.2. The molecule has 0 N–H and O–H groups in total. The van der Waals surface area contributed by atoms with Crippen LogP contribution in [-0.2, 0) is 5.41 Å². The lowest BCUT2D eigenvalue weighted by atomic mass is 9.97. The monoisotopic (exact) mass is 246 g/mol. The first-order chi connectivity index (χ1) is 8.50. The minimum Gasteiger partial charge on any atom is -0.494 e. The minimum absolute atomic E-state index is 0.128. The third kappa shape index (κ3) is 2.70. The van der Waals surface area contributed by atoms with E-state index in [9.17, 15) is 0 Å². The Morgan fingerprint density at radius 2 is 1.83 bits per heavy atom. The molecule has 0 saturated carbocycles. The minimum atomic E-state index is -0.128. The zero-order valence-electron chi connectivity index (χ0n) is 11.2. The smallest absolute Gasteiger partial charge is 0.232 e. The molecule has 1 aromatic heterocycles. The highest BCUT2D eigenvalue weighted by Gasteiger charge is 2.22. The lowest BCUT2D eigenvalue weighted by Gasteiger charge is -2.10. The topological polar surface area (TPSA) is 48.2 Å². The second kappa shape index (κ2) is 4.80. The van der Waals surface area contributed by atoms with Gasteiger partial charge in [-0.25, -0.2) is 0 Å². The molecule has 0 aliphatic carbocycles. The van der Waals surface area contributed by atoms with Crippen molar-refractivity contribution in [3.8, 4) is 17.1 Å². The van der Waals surface area contributed by atoms with Crippen molar-refractivity contribution >= 4 is 0 Å². The van der Waals surface area contributed by atoms with Crippen LogP contribution in [0.5, 0.6) is 5.75 Å². The maximum absolute atomic E-state index is 5.39. The predicted octanol–water partition coefficient (Wildman–Crippen LogP) is 3.43. The van der Waals surface area contributed by atoms with E-state index in [4.69, 9.17) is 9.26 Å². The number of hydrogen-bond donors (Lipinski definition) is 0. The van der Waals surface area contributed by atoms with Gasteiger partial charge in [0.25, 0.3) is 0 Å². The van der Waals surface area contributed by atoms with Crippen molar-refractivity contribution in [2.45, 2.75) is 33.1 Å². The number of aromatic nitrogens is 2. The molecule has 0 amide bonds. The Morgan fingerprint density at radius 1 is 1.17 bits per heavy atom. The molecule has 0 saturated heterocycles. The molecule has 4 nitrogen and oxygen atoms in total. The first-order valence-electron chi connectivity index (χ1n) is 6.08. The summed E-state index contributed by atoms with van der Waals surface area (Å²) in [6, 6.07) is 7.68. The molecule has 1 aromatic carbocycles. The molecule has 0 bridgehead atoms. The second-order valence-corrected chi connectivity index (χ2v) is 5.13. The fraction of sp³-hybridized carbons (Fsp3) is 0.429. The maximum atomic E-state index is 5.39. The van der Waals surface area contributed by atoms with Crippen LogP contribution < -0.4 is 4.74 Å². The van der Waals surface area contributed by atoms with E-state index in [2.05, 4.69) is 10.1 Å². The van der Waals surface area contributed by atoms with Crippen molar-refractivity contribution in [1.82, 2.24) is 10.1 Å². The Bertz CT molecular complexity index is 509. The van der Waals surface area contributed by atoms with Crippen LogP contribution in [0.1, 0.15) is 33.6 Å². The van der Waals surface area contributed by atoms with Gasteiger partial charge in [0, 0.05) is 11.0 Å². The third-order valence-electron chi connectivity index (χ3n) is 2.49. The summed E-state index contributed by atoms with van der Waals surface area (Å²) in [7, 11) is 0. The molecule has 2 aromatic rings. The van der Waals surface area contributed by atoms with Gasteiger partial charge in [-0.1, -0.05) is 25.9 Å². The third-order valence-corrected chi connectivity index (χ3v) is 2.49. The van der Waals surface area contributed by atoms with Crippen molar-refractivity contribution in [2.24, 2.45) is 0 Å². The number of ether oxygens (including phenoxy) is 1. The molecule has 0 aliphatic heterocycles. The maximum Gasteiger partial charge on any atom is 0.232 e. The summed E-state index contributed by atoms with van der Waals surface area (Å²) < 4.78 is 10.7. The largest absolute Gasteiger partial charge is 0.494 e. The van der Waals surface area contributed by atoms with Crippen LogP contribution in [-0.4, -0.2) is 16.7 Å². The van der Waals surface area contributed by atoms with Gasteiger partial charge >= 0.3 is 0 Å². The van der Waals surface area contributed by atoms with Gasteiger partial charge in [-0.05, 0) is 31.2 Å². The standard InChI is InChI=1S/C14H18N2O2/c1-5-17-11-8-6-10(7-9-11)12-15-13(18-16-12)14(2,3)4/h6-9H,5H2,1-4H3. The highest BCUT2D eigenvalue weighted by molar-refractivity contribution is 5.55. The summed E-state index contributed by atoms with van der Waals surface area (Å²) in [5.74, 6) is 2.11. The number of nitrogens with zero attached hydrogens (tertiary/aromatic N) is 2. The molecule has 1 heterocycles. The second-order valence-electron chi connectivity index (χ2n) is 5.13. The predicted molar refractivity (Wildman–Crippen MR) is 69.6 cm³/mol. The van der Waals surface area contributed by atoms with E-state index in [1.807, 2.05) is 52.0 Å². The van der Waals surface area contributed by atoms with Gasteiger partial charge in [-0.2, -0.15) is 4.98 Å². The van der Waals surface area contributed by atoms with E-state index in [0.717, 1.165) is 11.3 Å². The number of hydrogen-bond acceptors (Lipinski definition) is 4. The summed E-state index contributed by atoms with van der Waals surface area (Å²) in [6.45, 7) is 8.76. The Morgan fingerprint density at radius 3 is 2.33 bits per heavy atom. The van der Waals surface area contributed by atoms with Crippen LogP contribution in [0.4, 0.5) is 0 Å². The van der Waals surface area contributed by atoms with Crippen molar-refractivity contribution < 1.29 is 9.26 Å². The first-order valence-corrected chi connectivity index (χ1v) is 6.08. The molecule has 0 atom stereocenters. The van der Waals surface area contributed by atoms with Crippen LogP contribution in [0, 0.1) is 0 Å². The first kappa shape index (κ1) is 12.6. The van der Waals surface area contributed by atoms with E-state index in [-0.39, 0.29) is 5.41 Å². The SMILES string of the molecule is CCOc1ccc(-c2noc(C(C)(C)C)n2)cc1. The normalized spacial score (nSPS) is 11.6. The molecule has 96 valence electrons. The average molecular weight is 246 g/mol. The zero-order chi connectivity index (χ0) is 13.2. The van der Waals surface area contributed by atoms with Crippen molar-refractivity contribution in [3.05, 3.63) is 30.2 Å². The van der Waals surface area contributed by atoms with Crippen LogP contribution in [0.25, 0.3) is 11.4 Å². The Balaban J connectivity index is 2.23.